The highest BCUT2D eigenvalue weighted by Crippen LogP contribution is 2.35. The first-order valence-electron chi connectivity index (χ1n) is 3.36. The molecule has 0 unspecified atom stereocenters. The zero-order valence-electron chi connectivity index (χ0n) is 6.69. The average molecular weight is 258 g/mol. The highest BCUT2D eigenvalue weighted by Gasteiger charge is 2.37. The molecule has 1 aromatic rings. The molecule has 0 aliphatic rings. The van der Waals surface area contributed by atoms with Gasteiger partial charge in [-0.25, -0.2) is 0 Å². The van der Waals surface area contributed by atoms with E-state index in [9.17, 15) is 13.2 Å². The average Bonchev–Trinajstić information content (AvgIpc) is 2.25. The van der Waals surface area contributed by atoms with E-state index in [1.54, 1.807) is 0 Å². The van der Waals surface area contributed by atoms with Gasteiger partial charge in [0.05, 0.1) is 10.2 Å². The Labute approximate surface area is 80.8 Å². The van der Waals surface area contributed by atoms with Crippen LogP contribution in [0.1, 0.15) is 11.4 Å². The Balaban J connectivity index is 3.26. The summed E-state index contributed by atoms with van der Waals surface area (Å²) >= 11 is 2.81. The van der Waals surface area contributed by atoms with Crippen molar-refractivity contribution in [2.75, 3.05) is 0 Å². The Bertz CT molecular complexity index is 318. The monoisotopic (exact) mass is 257 g/mol. The van der Waals surface area contributed by atoms with Crippen LogP contribution in [0.4, 0.5) is 13.2 Å². The first-order chi connectivity index (χ1) is 5.88. The molecule has 0 fully saturated rings. The largest absolute Gasteiger partial charge is 0.436 e. The molecule has 1 aromatic heterocycles. The van der Waals surface area contributed by atoms with Gasteiger partial charge in [0, 0.05) is 13.6 Å². The molecule has 3 nitrogen and oxygen atoms in total. The molecule has 2 N–H and O–H groups in total. The van der Waals surface area contributed by atoms with Crippen molar-refractivity contribution >= 4 is 15.9 Å². The lowest BCUT2D eigenvalue weighted by atomic mass is 10.3. The molecule has 0 radical (unpaired) electrons. The van der Waals surface area contributed by atoms with Crippen molar-refractivity contribution in [2.45, 2.75) is 12.7 Å². The Hall–Kier alpha value is -0.560. The molecule has 0 aromatic carbocycles. The zero-order chi connectivity index (χ0) is 10.2. The molecule has 0 saturated heterocycles. The summed E-state index contributed by atoms with van der Waals surface area (Å²) in [6, 6.07) is 0. The smallest absolute Gasteiger partial charge is 0.325 e. The molecule has 1 rings (SSSR count). The molecular weight excluding hydrogens is 251 g/mol. The minimum Gasteiger partial charge on any atom is -0.325 e. The number of nitrogens with zero attached hydrogens (tertiary/aromatic N) is 2. The van der Waals surface area contributed by atoms with Crippen LogP contribution >= 0.6 is 15.9 Å². The molecule has 0 atom stereocenters. The maximum absolute atomic E-state index is 12.2. The van der Waals surface area contributed by atoms with Crippen molar-refractivity contribution < 1.29 is 13.2 Å². The highest BCUT2D eigenvalue weighted by atomic mass is 79.9. The van der Waals surface area contributed by atoms with Crippen LogP contribution in [0.2, 0.25) is 0 Å². The van der Waals surface area contributed by atoms with Crippen molar-refractivity contribution in [3.05, 3.63) is 15.9 Å². The topological polar surface area (TPSA) is 43.8 Å². The fourth-order valence-electron chi connectivity index (χ4n) is 0.936. The van der Waals surface area contributed by atoms with Gasteiger partial charge in [-0.05, 0) is 15.9 Å². The molecule has 0 bridgehead atoms. The van der Waals surface area contributed by atoms with Gasteiger partial charge in [0.2, 0.25) is 0 Å². The molecule has 74 valence electrons. The second-order valence-electron chi connectivity index (χ2n) is 2.43. The zero-order valence-corrected chi connectivity index (χ0v) is 8.28. The van der Waals surface area contributed by atoms with Crippen molar-refractivity contribution in [3.63, 3.8) is 0 Å². The van der Waals surface area contributed by atoms with E-state index in [1.165, 1.54) is 7.05 Å². The van der Waals surface area contributed by atoms with Gasteiger partial charge in [-0.15, -0.1) is 0 Å². The minimum atomic E-state index is -4.44. The van der Waals surface area contributed by atoms with Crippen molar-refractivity contribution in [1.29, 1.82) is 0 Å². The van der Waals surface area contributed by atoms with Gasteiger partial charge < -0.3 is 5.73 Å². The predicted octanol–water partition coefficient (Wildman–Crippen LogP) is 1.66. The Morgan fingerprint density at radius 2 is 2.08 bits per heavy atom. The lowest BCUT2D eigenvalue weighted by molar-refractivity contribution is -0.142. The summed E-state index contributed by atoms with van der Waals surface area (Å²) in [4.78, 5) is 0. The summed E-state index contributed by atoms with van der Waals surface area (Å²) in [5, 5.41) is 3.32. The lowest BCUT2D eigenvalue weighted by Gasteiger charge is -2.01. The third-order valence-corrected chi connectivity index (χ3v) is 2.40. The first kappa shape index (κ1) is 10.5. The second-order valence-corrected chi connectivity index (χ2v) is 3.23. The van der Waals surface area contributed by atoms with E-state index < -0.39 is 11.9 Å². The van der Waals surface area contributed by atoms with Crippen LogP contribution in [0, 0.1) is 0 Å². The number of aromatic nitrogens is 2. The molecule has 0 amide bonds. The number of halogens is 4. The van der Waals surface area contributed by atoms with E-state index >= 15 is 0 Å². The fourth-order valence-corrected chi connectivity index (χ4v) is 1.66. The number of rotatable bonds is 1. The normalized spacial score (nSPS) is 12.2. The molecule has 0 aliphatic carbocycles. The van der Waals surface area contributed by atoms with Gasteiger partial charge in [0.1, 0.15) is 0 Å². The maximum atomic E-state index is 12.2. The summed E-state index contributed by atoms with van der Waals surface area (Å²) in [5.74, 6) is 0. The van der Waals surface area contributed by atoms with Crippen LogP contribution in [-0.4, -0.2) is 9.78 Å². The van der Waals surface area contributed by atoms with E-state index in [4.69, 9.17) is 5.73 Å². The van der Waals surface area contributed by atoms with E-state index in [0.717, 1.165) is 4.68 Å². The highest BCUT2D eigenvalue weighted by molar-refractivity contribution is 9.10. The molecule has 7 heteroatoms. The summed E-state index contributed by atoms with van der Waals surface area (Å²) in [6.07, 6.45) is -4.44. The minimum absolute atomic E-state index is 0.0141. The molecule has 0 spiro atoms. The van der Waals surface area contributed by atoms with Crippen LogP contribution in [0.25, 0.3) is 0 Å². The Morgan fingerprint density at radius 1 is 1.54 bits per heavy atom. The van der Waals surface area contributed by atoms with Gasteiger partial charge >= 0.3 is 6.18 Å². The third-order valence-electron chi connectivity index (χ3n) is 1.56. The van der Waals surface area contributed by atoms with Gasteiger partial charge in [0.25, 0.3) is 0 Å². The molecular formula is C6H7BrF3N3. The van der Waals surface area contributed by atoms with Crippen LogP contribution in [0.3, 0.4) is 0 Å². The van der Waals surface area contributed by atoms with E-state index in [0.29, 0.717) is 5.69 Å². The standard InChI is InChI=1S/C6H7BrF3N3/c1-13-3(2-11)4(7)5(12-13)6(8,9)10/h2,11H2,1H3. The van der Waals surface area contributed by atoms with Gasteiger partial charge in [-0.1, -0.05) is 0 Å². The van der Waals surface area contributed by atoms with E-state index in [2.05, 4.69) is 21.0 Å². The van der Waals surface area contributed by atoms with Crippen molar-refractivity contribution in [1.82, 2.24) is 9.78 Å². The summed E-state index contributed by atoms with van der Waals surface area (Å²) < 4.78 is 37.7. The molecule has 13 heavy (non-hydrogen) atoms. The van der Waals surface area contributed by atoms with Gasteiger partial charge in [0.15, 0.2) is 5.69 Å². The van der Waals surface area contributed by atoms with Crippen LogP contribution in [0.15, 0.2) is 4.47 Å². The SMILES string of the molecule is Cn1nc(C(F)(F)F)c(Br)c1CN. The number of hydrogen-bond donors (Lipinski definition) is 1. The van der Waals surface area contributed by atoms with Crippen LogP contribution in [-0.2, 0) is 19.8 Å². The van der Waals surface area contributed by atoms with Crippen molar-refractivity contribution in [3.8, 4) is 0 Å². The van der Waals surface area contributed by atoms with Crippen LogP contribution < -0.4 is 5.73 Å². The number of nitrogens with two attached hydrogens (primary N) is 1. The number of hydrogen-bond acceptors (Lipinski definition) is 2. The number of aryl methyl sites for hydroxylation is 1. The number of alkyl halides is 3. The summed E-state index contributed by atoms with van der Waals surface area (Å²) in [7, 11) is 1.42. The first-order valence-corrected chi connectivity index (χ1v) is 4.16. The van der Waals surface area contributed by atoms with Gasteiger partial charge in [-0.3, -0.25) is 4.68 Å². The third kappa shape index (κ3) is 1.86. The molecule has 0 saturated carbocycles. The summed E-state index contributed by atoms with van der Waals surface area (Å²) in [6.45, 7) is 0.0141. The second kappa shape index (κ2) is 3.30. The van der Waals surface area contributed by atoms with Crippen LogP contribution in [0.5, 0.6) is 0 Å². The predicted molar refractivity (Wildman–Crippen MR) is 43.8 cm³/mol. The Morgan fingerprint density at radius 3 is 2.31 bits per heavy atom. The van der Waals surface area contributed by atoms with Gasteiger partial charge in [-0.2, -0.15) is 18.3 Å². The van der Waals surface area contributed by atoms with E-state index in [-0.39, 0.29) is 11.0 Å². The lowest BCUT2D eigenvalue weighted by Crippen LogP contribution is -2.07. The maximum Gasteiger partial charge on any atom is 0.436 e. The van der Waals surface area contributed by atoms with Crippen molar-refractivity contribution in [2.24, 2.45) is 12.8 Å². The molecule has 0 aliphatic heterocycles. The Kier molecular flexibility index (Phi) is 2.67. The summed E-state index contributed by atoms with van der Waals surface area (Å²) in [5.41, 5.74) is 4.64. The van der Waals surface area contributed by atoms with E-state index in [1.807, 2.05) is 0 Å². The molecule has 1 heterocycles. The quantitative estimate of drug-likeness (QED) is 0.832. The fraction of sp³-hybridized carbons (Fsp3) is 0.500.